The summed E-state index contributed by atoms with van der Waals surface area (Å²) < 4.78 is 14.8. The SMILES string of the molecule is CCN1C(=O)c2c(O)c(=O)c(-c3nnc(Cc4ccc(F)cc4)s3)cn2C[C@@H]1C(C)C. The third-order valence-electron chi connectivity index (χ3n) is 5.58. The van der Waals surface area contributed by atoms with Gasteiger partial charge in [0.15, 0.2) is 16.5 Å². The lowest BCUT2D eigenvalue weighted by molar-refractivity contribution is 0.0531. The minimum absolute atomic E-state index is 0.0172. The van der Waals surface area contributed by atoms with Crippen molar-refractivity contribution in [1.29, 1.82) is 0 Å². The van der Waals surface area contributed by atoms with Gasteiger partial charge in [-0.1, -0.05) is 37.3 Å². The molecule has 0 bridgehead atoms. The number of rotatable bonds is 5. The van der Waals surface area contributed by atoms with E-state index in [1.165, 1.54) is 23.5 Å². The van der Waals surface area contributed by atoms with Crippen molar-refractivity contribution in [3.8, 4) is 16.3 Å². The molecule has 0 saturated carbocycles. The molecule has 3 aromatic rings. The van der Waals surface area contributed by atoms with Crippen LogP contribution in [0, 0.1) is 11.7 Å². The Hall–Kier alpha value is -3.07. The van der Waals surface area contributed by atoms with Crippen molar-refractivity contribution < 1.29 is 14.3 Å². The largest absolute Gasteiger partial charge is 0.503 e. The fraction of sp³-hybridized carbons (Fsp3) is 0.364. The summed E-state index contributed by atoms with van der Waals surface area (Å²) >= 11 is 1.24. The molecule has 1 aliphatic rings. The molecule has 1 amide bonds. The van der Waals surface area contributed by atoms with Gasteiger partial charge in [0.1, 0.15) is 10.8 Å². The van der Waals surface area contributed by atoms with Crippen LogP contribution >= 0.6 is 11.3 Å². The molecule has 0 unspecified atom stereocenters. The van der Waals surface area contributed by atoms with E-state index in [1.807, 2.05) is 20.8 Å². The molecule has 1 aliphatic heterocycles. The van der Waals surface area contributed by atoms with Crippen molar-refractivity contribution in [3.05, 3.63) is 62.8 Å². The molecule has 31 heavy (non-hydrogen) atoms. The van der Waals surface area contributed by atoms with Crippen molar-refractivity contribution in [2.24, 2.45) is 5.92 Å². The molecule has 0 saturated heterocycles. The van der Waals surface area contributed by atoms with Gasteiger partial charge in [-0.15, -0.1) is 10.2 Å². The minimum atomic E-state index is -0.636. The Labute approximate surface area is 182 Å². The van der Waals surface area contributed by atoms with Crippen LogP contribution in [0.15, 0.2) is 35.3 Å². The van der Waals surface area contributed by atoms with E-state index in [1.54, 1.807) is 27.8 Å². The molecule has 2 aromatic heterocycles. The Morgan fingerprint density at radius 1 is 1.23 bits per heavy atom. The topological polar surface area (TPSA) is 88.3 Å². The van der Waals surface area contributed by atoms with E-state index in [9.17, 15) is 19.1 Å². The Morgan fingerprint density at radius 2 is 1.94 bits per heavy atom. The maximum Gasteiger partial charge on any atom is 0.274 e. The number of nitrogens with zero attached hydrogens (tertiary/aromatic N) is 4. The first kappa shape index (κ1) is 21.2. The average Bonchev–Trinajstić information content (AvgIpc) is 3.20. The maximum atomic E-state index is 13.1. The number of carbonyl (C=O) groups is 1. The van der Waals surface area contributed by atoms with Crippen LogP contribution < -0.4 is 5.43 Å². The number of hydrogen-bond donors (Lipinski definition) is 1. The molecule has 0 spiro atoms. The number of halogens is 1. The number of likely N-dealkylation sites (N-methyl/N-ethyl adjacent to an activating group) is 1. The standard InChI is InChI=1S/C22H23FN4O3S/c1-4-27-16(12(2)3)11-26-10-15(19(28)20(29)18(26)22(27)30)21-25-24-17(31-21)9-13-5-7-14(23)8-6-13/h5-8,10,12,16,29H,4,9,11H2,1-3H3/t16-/m1/s1. The van der Waals surface area contributed by atoms with E-state index in [2.05, 4.69) is 10.2 Å². The van der Waals surface area contributed by atoms with Crippen molar-refractivity contribution in [2.75, 3.05) is 6.54 Å². The minimum Gasteiger partial charge on any atom is -0.503 e. The van der Waals surface area contributed by atoms with E-state index < -0.39 is 11.2 Å². The lowest BCUT2D eigenvalue weighted by Gasteiger charge is -2.39. The summed E-state index contributed by atoms with van der Waals surface area (Å²) in [5, 5.41) is 19.9. The number of hydrogen-bond acceptors (Lipinski definition) is 6. The highest BCUT2D eigenvalue weighted by Gasteiger charge is 2.36. The monoisotopic (exact) mass is 442 g/mol. The van der Waals surface area contributed by atoms with Gasteiger partial charge in [0.25, 0.3) is 5.91 Å². The van der Waals surface area contributed by atoms with Gasteiger partial charge < -0.3 is 14.6 Å². The molecule has 9 heteroatoms. The molecule has 4 rings (SSSR count). The van der Waals surface area contributed by atoms with E-state index in [0.29, 0.717) is 29.5 Å². The fourth-order valence-electron chi connectivity index (χ4n) is 3.92. The van der Waals surface area contributed by atoms with Gasteiger partial charge in [-0.2, -0.15) is 0 Å². The van der Waals surface area contributed by atoms with Crippen LogP contribution in [0.3, 0.4) is 0 Å². The van der Waals surface area contributed by atoms with Crippen LogP contribution in [0.5, 0.6) is 5.75 Å². The summed E-state index contributed by atoms with van der Waals surface area (Å²) in [5.74, 6) is -0.998. The second-order valence-electron chi connectivity index (χ2n) is 7.93. The summed E-state index contributed by atoms with van der Waals surface area (Å²) in [6.45, 7) is 6.95. The van der Waals surface area contributed by atoms with Crippen molar-refractivity contribution in [3.63, 3.8) is 0 Å². The zero-order chi connectivity index (χ0) is 22.3. The number of carbonyl (C=O) groups excluding carboxylic acids is 1. The average molecular weight is 443 g/mol. The second-order valence-corrected chi connectivity index (χ2v) is 8.99. The van der Waals surface area contributed by atoms with Crippen molar-refractivity contribution in [2.45, 2.75) is 39.8 Å². The van der Waals surface area contributed by atoms with Crippen LogP contribution in [-0.2, 0) is 13.0 Å². The molecule has 7 nitrogen and oxygen atoms in total. The molecule has 0 radical (unpaired) electrons. The van der Waals surface area contributed by atoms with Gasteiger partial charge in [-0.25, -0.2) is 4.39 Å². The highest BCUT2D eigenvalue weighted by molar-refractivity contribution is 7.14. The van der Waals surface area contributed by atoms with Crippen LogP contribution in [0.1, 0.15) is 41.8 Å². The van der Waals surface area contributed by atoms with Gasteiger partial charge in [0.05, 0.1) is 11.6 Å². The molecular weight excluding hydrogens is 419 g/mol. The van der Waals surface area contributed by atoms with E-state index >= 15 is 0 Å². The maximum absolute atomic E-state index is 13.1. The zero-order valence-electron chi connectivity index (χ0n) is 17.5. The van der Waals surface area contributed by atoms with Crippen LogP contribution in [0.25, 0.3) is 10.6 Å². The van der Waals surface area contributed by atoms with E-state index in [-0.39, 0.29) is 34.9 Å². The predicted octanol–water partition coefficient (Wildman–Crippen LogP) is 3.30. The first-order valence-corrected chi connectivity index (χ1v) is 11.0. The molecule has 1 N–H and O–H groups in total. The summed E-state index contributed by atoms with van der Waals surface area (Å²) in [7, 11) is 0. The summed E-state index contributed by atoms with van der Waals surface area (Å²) in [6, 6.07) is 6.07. The third kappa shape index (κ3) is 3.85. The number of aromatic nitrogens is 3. The molecule has 0 aliphatic carbocycles. The number of fused-ring (bicyclic) bond motifs is 1. The highest BCUT2D eigenvalue weighted by Crippen LogP contribution is 2.30. The van der Waals surface area contributed by atoms with Gasteiger partial charge in [0.2, 0.25) is 5.43 Å². The quantitative estimate of drug-likeness (QED) is 0.655. The lowest BCUT2D eigenvalue weighted by Crippen LogP contribution is -2.51. The molecule has 1 atom stereocenters. The lowest BCUT2D eigenvalue weighted by atomic mass is 9.98. The third-order valence-corrected chi connectivity index (χ3v) is 6.54. The Morgan fingerprint density at radius 3 is 2.58 bits per heavy atom. The normalized spacial score (nSPS) is 16.1. The van der Waals surface area contributed by atoms with Crippen molar-refractivity contribution >= 4 is 17.2 Å². The Bertz CT molecular complexity index is 1190. The number of aromatic hydroxyl groups is 1. The molecule has 162 valence electrons. The van der Waals surface area contributed by atoms with E-state index in [4.69, 9.17) is 0 Å². The molecule has 0 fully saturated rings. The Balaban J connectivity index is 1.71. The number of pyridine rings is 1. The van der Waals surface area contributed by atoms with Crippen LogP contribution in [0.2, 0.25) is 0 Å². The zero-order valence-corrected chi connectivity index (χ0v) is 18.3. The van der Waals surface area contributed by atoms with Gasteiger partial charge in [-0.3, -0.25) is 9.59 Å². The molecule has 3 heterocycles. The fourth-order valence-corrected chi connectivity index (χ4v) is 4.80. The van der Waals surface area contributed by atoms with Crippen LogP contribution in [0.4, 0.5) is 4.39 Å². The van der Waals surface area contributed by atoms with E-state index in [0.717, 1.165) is 5.56 Å². The van der Waals surface area contributed by atoms with Crippen LogP contribution in [-0.4, -0.2) is 43.3 Å². The Kier molecular flexibility index (Phi) is 5.62. The highest BCUT2D eigenvalue weighted by atomic mass is 32.1. The summed E-state index contributed by atoms with van der Waals surface area (Å²) in [6.07, 6.45) is 2.05. The summed E-state index contributed by atoms with van der Waals surface area (Å²) in [4.78, 5) is 27.5. The predicted molar refractivity (Wildman–Crippen MR) is 116 cm³/mol. The van der Waals surface area contributed by atoms with Gasteiger partial charge >= 0.3 is 0 Å². The van der Waals surface area contributed by atoms with Gasteiger partial charge in [-0.05, 0) is 30.5 Å². The first-order chi connectivity index (χ1) is 14.8. The van der Waals surface area contributed by atoms with Crippen molar-refractivity contribution in [1.82, 2.24) is 19.7 Å². The number of amides is 1. The summed E-state index contributed by atoms with van der Waals surface area (Å²) in [5.41, 5.74) is 0.468. The first-order valence-electron chi connectivity index (χ1n) is 10.1. The smallest absolute Gasteiger partial charge is 0.274 e. The van der Waals surface area contributed by atoms with Gasteiger partial charge in [0, 0.05) is 25.7 Å². The number of benzene rings is 1. The molecule has 1 aromatic carbocycles. The second kappa shape index (κ2) is 8.22. The molecular formula is C22H23FN4O3S.